The first-order valence-electron chi connectivity index (χ1n) is 10.5. The van der Waals surface area contributed by atoms with Gasteiger partial charge in [-0.1, -0.05) is 30.7 Å². The quantitative estimate of drug-likeness (QED) is 0.663. The molecule has 26 heavy (non-hydrogen) atoms. The van der Waals surface area contributed by atoms with Gasteiger partial charge in [-0.05, 0) is 87.9 Å². The molecular formula is C23H33NO2. The van der Waals surface area contributed by atoms with E-state index < -0.39 is 5.60 Å². The average molecular weight is 356 g/mol. The van der Waals surface area contributed by atoms with Gasteiger partial charge in [0, 0.05) is 11.0 Å². The molecule has 0 unspecified atom stereocenters. The lowest BCUT2D eigenvalue weighted by Gasteiger charge is -2.60. The third-order valence-corrected chi connectivity index (χ3v) is 9.47. The van der Waals surface area contributed by atoms with E-state index in [0.717, 1.165) is 25.0 Å². The zero-order valence-corrected chi connectivity index (χ0v) is 16.9. The summed E-state index contributed by atoms with van der Waals surface area (Å²) in [6.07, 6.45) is 11.3. The van der Waals surface area contributed by atoms with Crippen molar-refractivity contribution in [3.05, 3.63) is 29.2 Å². The number of nitrogens with zero attached hydrogens (tertiary/aromatic N) is 1. The highest BCUT2D eigenvalue weighted by Gasteiger charge is 2.63. The summed E-state index contributed by atoms with van der Waals surface area (Å²) < 4.78 is 5.69. The lowest BCUT2D eigenvalue weighted by Crippen LogP contribution is -2.55. The Morgan fingerprint density at radius 3 is 2.58 bits per heavy atom. The molecule has 4 aliphatic rings. The van der Waals surface area contributed by atoms with E-state index in [1.807, 2.05) is 6.20 Å². The third-order valence-electron chi connectivity index (χ3n) is 9.47. The highest BCUT2D eigenvalue weighted by molar-refractivity contribution is 5.44. The maximum absolute atomic E-state index is 11.1. The van der Waals surface area contributed by atoms with Crippen LogP contribution in [0.25, 0.3) is 0 Å². The van der Waals surface area contributed by atoms with Gasteiger partial charge in [0.1, 0.15) is 5.76 Å². The fraction of sp³-hybridized carbons (Fsp3) is 0.783. The van der Waals surface area contributed by atoms with Crippen LogP contribution in [0.15, 0.2) is 22.4 Å². The van der Waals surface area contributed by atoms with Crippen molar-refractivity contribution in [1.82, 2.24) is 5.16 Å². The van der Waals surface area contributed by atoms with E-state index >= 15 is 0 Å². The van der Waals surface area contributed by atoms with Crippen LogP contribution in [0, 0.1) is 28.6 Å². The molecule has 1 N–H and O–H groups in total. The zero-order valence-electron chi connectivity index (χ0n) is 16.9. The van der Waals surface area contributed by atoms with Crippen LogP contribution in [-0.4, -0.2) is 15.9 Å². The second kappa shape index (κ2) is 4.84. The minimum Gasteiger partial charge on any atom is -0.390 e. The van der Waals surface area contributed by atoms with Crippen LogP contribution in [0.5, 0.6) is 0 Å². The number of rotatable bonds is 0. The van der Waals surface area contributed by atoms with Crippen LogP contribution < -0.4 is 0 Å². The first-order valence-corrected chi connectivity index (χ1v) is 10.5. The van der Waals surface area contributed by atoms with Gasteiger partial charge in [-0.2, -0.15) is 0 Å². The molecule has 0 aromatic carbocycles. The molecule has 4 aliphatic carbocycles. The highest BCUT2D eigenvalue weighted by atomic mass is 16.5. The summed E-state index contributed by atoms with van der Waals surface area (Å²) in [6.45, 7) is 11.6. The van der Waals surface area contributed by atoms with Crippen molar-refractivity contribution in [3.63, 3.8) is 0 Å². The molecule has 0 amide bonds. The molecule has 2 saturated carbocycles. The fourth-order valence-electron chi connectivity index (χ4n) is 7.95. The molecule has 0 spiro atoms. The lowest BCUT2D eigenvalue weighted by atomic mass is 9.44. The lowest BCUT2D eigenvalue weighted by molar-refractivity contribution is -0.113. The minimum atomic E-state index is -0.499. The van der Waals surface area contributed by atoms with E-state index in [1.54, 1.807) is 5.57 Å². The van der Waals surface area contributed by atoms with Crippen molar-refractivity contribution in [2.75, 3.05) is 0 Å². The molecule has 3 heteroatoms. The van der Waals surface area contributed by atoms with Crippen molar-refractivity contribution in [1.29, 1.82) is 0 Å². The summed E-state index contributed by atoms with van der Waals surface area (Å²) in [4.78, 5) is 0. The number of aromatic nitrogens is 1. The molecular weight excluding hydrogens is 322 g/mol. The number of allylic oxidation sites excluding steroid dienone is 2. The second-order valence-electron chi connectivity index (χ2n) is 10.9. The van der Waals surface area contributed by atoms with Crippen LogP contribution in [0.4, 0.5) is 0 Å². The van der Waals surface area contributed by atoms with E-state index in [2.05, 4.69) is 45.9 Å². The maximum Gasteiger partial charge on any atom is 0.149 e. The van der Waals surface area contributed by atoms with Gasteiger partial charge in [0.15, 0.2) is 0 Å². The molecule has 1 aromatic heterocycles. The van der Waals surface area contributed by atoms with Gasteiger partial charge in [-0.3, -0.25) is 0 Å². The molecule has 2 fully saturated rings. The highest BCUT2D eigenvalue weighted by Crippen LogP contribution is 2.68. The topological polar surface area (TPSA) is 46.3 Å². The summed E-state index contributed by atoms with van der Waals surface area (Å²) in [6, 6.07) is 0. The maximum atomic E-state index is 11.1. The Morgan fingerprint density at radius 2 is 1.81 bits per heavy atom. The fourth-order valence-corrected chi connectivity index (χ4v) is 7.95. The monoisotopic (exact) mass is 355 g/mol. The number of hydrogen-bond donors (Lipinski definition) is 1. The van der Waals surface area contributed by atoms with Gasteiger partial charge in [-0.15, -0.1) is 0 Å². The van der Waals surface area contributed by atoms with Crippen LogP contribution in [0.1, 0.15) is 78.0 Å². The van der Waals surface area contributed by atoms with Gasteiger partial charge in [0.25, 0.3) is 0 Å². The molecule has 0 radical (unpaired) electrons. The summed E-state index contributed by atoms with van der Waals surface area (Å²) >= 11 is 0. The summed E-state index contributed by atoms with van der Waals surface area (Å²) in [7, 11) is 0. The molecule has 0 bridgehead atoms. The standard InChI is InChI=1S/C23H33NO2/c1-20(2)18-7-6-15-16(21(18,3)12-14-13-24-26-19(14)20)8-10-22(4)17(15)9-11-23(22,5)25/h7,13,15-17,25H,6,8-12H2,1-5H3/t15-,16-,17+,21+,22+,23+/m0/s1. The van der Waals surface area contributed by atoms with Crippen molar-refractivity contribution >= 4 is 0 Å². The van der Waals surface area contributed by atoms with Crippen molar-refractivity contribution in [3.8, 4) is 0 Å². The Balaban J connectivity index is 1.60. The molecule has 0 saturated heterocycles. The number of fused-ring (bicyclic) bond motifs is 6. The van der Waals surface area contributed by atoms with Crippen LogP contribution in [-0.2, 0) is 11.8 Å². The second-order valence-corrected chi connectivity index (χ2v) is 10.9. The molecule has 1 aromatic rings. The number of aliphatic hydroxyl groups is 1. The van der Waals surface area contributed by atoms with E-state index in [4.69, 9.17) is 4.52 Å². The van der Waals surface area contributed by atoms with Crippen molar-refractivity contribution in [2.24, 2.45) is 28.6 Å². The molecule has 6 atom stereocenters. The van der Waals surface area contributed by atoms with Gasteiger partial charge < -0.3 is 9.63 Å². The Labute approximate surface area is 157 Å². The van der Waals surface area contributed by atoms with Gasteiger partial charge >= 0.3 is 0 Å². The van der Waals surface area contributed by atoms with E-state index in [-0.39, 0.29) is 16.2 Å². The third kappa shape index (κ3) is 1.81. The summed E-state index contributed by atoms with van der Waals surface area (Å²) in [5, 5.41) is 15.2. The molecule has 0 aliphatic heterocycles. The Morgan fingerprint density at radius 1 is 1.08 bits per heavy atom. The van der Waals surface area contributed by atoms with Crippen LogP contribution in [0.3, 0.4) is 0 Å². The predicted octanol–water partition coefficient (Wildman–Crippen LogP) is 5.04. The van der Waals surface area contributed by atoms with E-state index in [0.29, 0.717) is 17.8 Å². The molecule has 1 heterocycles. The molecule has 142 valence electrons. The smallest absolute Gasteiger partial charge is 0.149 e. The Hall–Kier alpha value is -1.09. The summed E-state index contributed by atoms with van der Waals surface area (Å²) in [5.41, 5.74) is 2.60. The summed E-state index contributed by atoms with van der Waals surface area (Å²) in [5.74, 6) is 3.13. The van der Waals surface area contributed by atoms with Crippen molar-refractivity contribution < 1.29 is 9.63 Å². The van der Waals surface area contributed by atoms with Gasteiger partial charge in [0.05, 0.1) is 11.8 Å². The normalized spacial score (nSPS) is 48.8. The first kappa shape index (κ1) is 17.0. The first-order chi connectivity index (χ1) is 12.1. The van der Waals surface area contributed by atoms with Gasteiger partial charge in [-0.25, -0.2) is 0 Å². The Kier molecular flexibility index (Phi) is 3.17. The largest absolute Gasteiger partial charge is 0.390 e. The van der Waals surface area contributed by atoms with E-state index in [1.165, 1.54) is 24.8 Å². The number of hydrogen-bond acceptors (Lipinski definition) is 3. The molecule has 3 nitrogen and oxygen atoms in total. The van der Waals surface area contributed by atoms with Gasteiger partial charge in [0.2, 0.25) is 0 Å². The van der Waals surface area contributed by atoms with Crippen molar-refractivity contribution in [2.45, 2.75) is 84.2 Å². The zero-order chi connectivity index (χ0) is 18.5. The van der Waals surface area contributed by atoms with E-state index in [9.17, 15) is 5.11 Å². The minimum absolute atomic E-state index is 0.0638. The average Bonchev–Trinajstić information content (AvgIpc) is 3.10. The Bertz CT molecular complexity index is 788. The predicted molar refractivity (Wildman–Crippen MR) is 102 cm³/mol. The van der Waals surface area contributed by atoms with Crippen LogP contribution in [0.2, 0.25) is 0 Å². The SMILES string of the molecule is CC1(C)C2=CC[C@@H]3[C@H]4CC[C@@](C)(O)[C@]4(C)CC[C@@H]3[C@@]2(C)Cc2cnoc21. The molecule has 5 rings (SSSR count). The van der Waals surface area contributed by atoms with Crippen LogP contribution >= 0.6 is 0 Å².